The number of hydrogen-bond donors (Lipinski definition) is 1. The summed E-state index contributed by atoms with van der Waals surface area (Å²) in [5.74, 6) is -0.340. The normalized spacial score (nSPS) is 15.7. The van der Waals surface area contributed by atoms with Crippen LogP contribution in [0.15, 0.2) is 69.6 Å². The Bertz CT molecular complexity index is 2350. The molecule has 68 heavy (non-hydrogen) atoms. The van der Waals surface area contributed by atoms with Crippen molar-refractivity contribution in [2.45, 2.75) is 88.9 Å². The minimum Gasteiger partial charge on any atom is -0.456 e. The summed E-state index contributed by atoms with van der Waals surface area (Å²) in [6.45, 7) is 17.1. The summed E-state index contributed by atoms with van der Waals surface area (Å²) in [4.78, 5) is 43.2. The molecule has 0 radical (unpaired) electrons. The largest absolute Gasteiger partial charge is 0.456 e. The number of nitrogens with zero attached hydrogens (tertiary/aromatic N) is 3. The first-order valence-electron chi connectivity index (χ1n) is 23.3. The maximum atomic E-state index is 12.4. The Kier molecular flexibility index (Phi) is 20.5. The van der Waals surface area contributed by atoms with E-state index in [4.69, 9.17) is 37.7 Å². The average molecular weight is 969 g/mol. The molecule has 18 heteroatoms. The van der Waals surface area contributed by atoms with Crippen molar-refractivity contribution in [3.8, 4) is 11.3 Å². The van der Waals surface area contributed by atoms with E-state index < -0.39 is 33.3 Å². The molecular weight excluding hydrogens is 899 g/mol. The molecule has 0 atom stereocenters. The second-order valence-corrected chi connectivity index (χ2v) is 19.5. The highest BCUT2D eigenvalue weighted by Crippen LogP contribution is 2.48. The number of imide groups is 1. The Morgan fingerprint density at radius 2 is 1.41 bits per heavy atom. The van der Waals surface area contributed by atoms with Crippen molar-refractivity contribution >= 4 is 39.7 Å². The van der Waals surface area contributed by atoms with Crippen LogP contribution < -0.4 is 14.8 Å². The lowest BCUT2D eigenvalue weighted by atomic mass is 9.82. The molecule has 0 unspecified atom stereocenters. The van der Waals surface area contributed by atoms with E-state index in [1.807, 2.05) is 32.1 Å². The number of rotatable bonds is 28. The third-order valence-corrected chi connectivity index (χ3v) is 12.5. The van der Waals surface area contributed by atoms with Gasteiger partial charge in [0.25, 0.3) is 21.9 Å². The molecule has 2 amide bonds. The number of anilines is 1. The molecule has 1 saturated heterocycles. The number of methoxy groups -OCH3 is 2. The number of unbranched alkanes of at least 4 members (excludes halogenated alkanes) is 2. The molecule has 1 N–H and O–H groups in total. The lowest BCUT2D eigenvalue weighted by Crippen LogP contribution is -2.36. The van der Waals surface area contributed by atoms with E-state index >= 15 is 0 Å². The molecule has 17 nitrogen and oxygen atoms in total. The molecule has 1 fully saturated rings. The first-order valence-corrected chi connectivity index (χ1v) is 24.7. The van der Waals surface area contributed by atoms with Gasteiger partial charge in [-0.3, -0.25) is 14.1 Å². The number of hydroxylamine groups is 2. The number of ether oxygens (including phenoxy) is 6. The maximum Gasteiger partial charge on any atom is 0.333 e. The molecule has 1 aliphatic carbocycles. The van der Waals surface area contributed by atoms with Crippen LogP contribution >= 0.6 is 0 Å². The predicted molar refractivity (Wildman–Crippen MR) is 255 cm³/mol. The van der Waals surface area contributed by atoms with Crippen LogP contribution in [0.25, 0.3) is 17.4 Å². The summed E-state index contributed by atoms with van der Waals surface area (Å²) < 4.78 is 76.4. The number of hydrogen-bond acceptors (Lipinski definition) is 14. The monoisotopic (exact) mass is 968 g/mol. The van der Waals surface area contributed by atoms with Gasteiger partial charge in [0.2, 0.25) is 5.36 Å². The van der Waals surface area contributed by atoms with Gasteiger partial charge in [-0.2, -0.15) is 8.42 Å². The van der Waals surface area contributed by atoms with Gasteiger partial charge in [0.1, 0.15) is 24.7 Å². The van der Waals surface area contributed by atoms with E-state index in [-0.39, 0.29) is 29.6 Å². The number of carbonyl (C=O) groups excluding carboxylic acids is 3. The molecule has 0 aromatic heterocycles. The first kappa shape index (κ1) is 54.2. The van der Waals surface area contributed by atoms with Crippen LogP contribution in [0.3, 0.4) is 0 Å². The molecule has 1 aromatic carbocycles. The van der Waals surface area contributed by atoms with Crippen LogP contribution in [0.5, 0.6) is 0 Å². The zero-order valence-electron chi connectivity index (χ0n) is 40.7. The standard InChI is InChI=1S/C50H69N3O14S/c1-49(2,3)41-35-38(66-44-34-37(15-17-40(41)44)51(22-24-62-30-32-64-28-26-60-6)23-25-63-31-33-65-29-27-61-7)12-11-13-45-50(4,5)42-36-39(68(57,58)59)16-18-43(42)52(45)21-10-8-9-14-48(56)67-53-46(54)19-20-47(53)55/h11-13,15-18,34-36H,8-10,14,19-33H2,1-7H3/p+1. The third kappa shape index (κ3) is 15.4. The van der Waals surface area contributed by atoms with Crippen molar-refractivity contribution in [2.75, 3.05) is 105 Å². The summed E-state index contributed by atoms with van der Waals surface area (Å²) in [5.41, 5.74) is 3.63. The molecule has 3 heterocycles. The Balaban J connectivity index is 1.40. The minimum atomic E-state index is -4.46. The smallest absolute Gasteiger partial charge is 0.333 e. The van der Waals surface area contributed by atoms with Crippen molar-refractivity contribution < 1.29 is 65.0 Å². The highest BCUT2D eigenvalue weighted by Gasteiger charge is 2.40. The van der Waals surface area contributed by atoms with Gasteiger partial charge in [-0.1, -0.05) is 47.1 Å². The Morgan fingerprint density at radius 3 is 2.00 bits per heavy atom. The van der Waals surface area contributed by atoms with Crippen LogP contribution in [0, 0.1) is 0 Å². The van der Waals surface area contributed by atoms with Crippen molar-refractivity contribution in [1.29, 1.82) is 0 Å². The van der Waals surface area contributed by atoms with Gasteiger partial charge >= 0.3 is 5.97 Å². The van der Waals surface area contributed by atoms with Crippen molar-refractivity contribution in [3.63, 3.8) is 0 Å². The van der Waals surface area contributed by atoms with Crippen molar-refractivity contribution in [1.82, 2.24) is 9.64 Å². The molecule has 4 aliphatic rings. The third-order valence-electron chi connectivity index (χ3n) is 11.7. The summed E-state index contributed by atoms with van der Waals surface area (Å²) in [6.07, 6.45) is 7.69. The highest BCUT2D eigenvalue weighted by molar-refractivity contribution is 7.85. The van der Waals surface area contributed by atoms with Gasteiger partial charge < -0.3 is 42.6 Å². The predicted octanol–water partition coefficient (Wildman–Crippen LogP) is 5.92. The molecule has 374 valence electrons. The van der Waals surface area contributed by atoms with Crippen LogP contribution in [-0.2, 0) is 68.6 Å². The topological polar surface area (TPSA) is 193 Å². The van der Waals surface area contributed by atoms with Crippen LogP contribution in [0.4, 0.5) is 5.69 Å². The zero-order valence-corrected chi connectivity index (χ0v) is 41.5. The van der Waals surface area contributed by atoms with E-state index in [0.29, 0.717) is 122 Å². The lowest BCUT2D eigenvalue weighted by Gasteiger charge is -2.27. The Labute approximate surface area is 400 Å². The van der Waals surface area contributed by atoms with E-state index in [2.05, 4.69) is 54.5 Å². The number of fused-ring (bicyclic) bond motifs is 2. The molecular formula is C50H70N3O14S+. The minimum absolute atomic E-state index is 0.0289. The highest BCUT2D eigenvalue weighted by atomic mass is 32.2. The summed E-state index contributed by atoms with van der Waals surface area (Å²) in [7, 11) is -1.19. The average Bonchev–Trinajstić information content (AvgIpc) is 3.71. The van der Waals surface area contributed by atoms with Crippen molar-refractivity contribution in [2.24, 2.45) is 0 Å². The summed E-state index contributed by atoms with van der Waals surface area (Å²) in [6, 6.07) is 12.9. The number of carbonyl (C=O) groups is 3. The van der Waals surface area contributed by atoms with E-state index in [9.17, 15) is 27.4 Å². The van der Waals surface area contributed by atoms with Gasteiger partial charge in [-0.15, -0.1) is 5.06 Å². The van der Waals surface area contributed by atoms with Crippen LogP contribution in [-0.4, -0.2) is 136 Å². The Morgan fingerprint density at radius 1 is 0.809 bits per heavy atom. The second kappa shape index (κ2) is 25.7. The van der Waals surface area contributed by atoms with Crippen LogP contribution in [0.2, 0.25) is 0 Å². The van der Waals surface area contributed by atoms with Gasteiger partial charge in [-0.25, -0.2) is 9.37 Å². The Hall–Kier alpha value is -4.79. The fourth-order valence-corrected chi connectivity index (χ4v) is 8.56. The molecule has 5 rings (SSSR count). The van der Waals surface area contributed by atoms with E-state index in [0.717, 1.165) is 33.4 Å². The van der Waals surface area contributed by atoms with Gasteiger partial charge in [0, 0.05) is 68.5 Å². The first-order chi connectivity index (χ1) is 32.4. The maximum absolute atomic E-state index is 12.4. The lowest BCUT2D eigenvalue weighted by molar-refractivity contribution is -0.197. The van der Waals surface area contributed by atoms with Crippen molar-refractivity contribution in [3.05, 3.63) is 82.6 Å². The van der Waals surface area contributed by atoms with Gasteiger partial charge in [0.05, 0.1) is 63.8 Å². The number of allylic oxidation sites excluding steroid dienone is 3. The molecule has 0 saturated carbocycles. The SMILES string of the molecule is COCCOCCOCC[N+](CCOCCOCCOC)=c1ccc2c(C(C)(C)C)cc(/C=C/C=C3/N(CCCCCC(=O)ON4C(=O)CCC4=O)c4ccc(S(=O)(=O)O)cc4C3(C)C)oc-2c1. The molecule has 3 aliphatic heterocycles. The summed E-state index contributed by atoms with van der Waals surface area (Å²) >= 11 is 0. The van der Waals surface area contributed by atoms with Gasteiger partial charge in [-0.05, 0) is 71.9 Å². The fourth-order valence-electron chi connectivity index (χ4n) is 8.05. The fraction of sp³-hybridized carbons (Fsp3) is 0.560. The van der Waals surface area contributed by atoms with Gasteiger partial charge in [0.15, 0.2) is 13.1 Å². The van der Waals surface area contributed by atoms with E-state index in [1.54, 1.807) is 20.3 Å². The molecule has 0 spiro atoms. The zero-order chi connectivity index (χ0) is 49.3. The number of amides is 2. The van der Waals surface area contributed by atoms with E-state index in [1.165, 1.54) is 12.1 Å². The molecule has 1 aromatic rings. The summed E-state index contributed by atoms with van der Waals surface area (Å²) in [5, 5.41) is 1.51. The van der Waals surface area contributed by atoms with Crippen LogP contribution in [0.1, 0.15) is 90.0 Å². The second-order valence-electron chi connectivity index (χ2n) is 18.1. The quantitative estimate of drug-likeness (QED) is 0.0390. The molecule has 0 bridgehead atoms. The number of benzene rings is 2.